The van der Waals surface area contributed by atoms with Crippen LogP contribution in [-0.2, 0) is 4.74 Å². The summed E-state index contributed by atoms with van der Waals surface area (Å²) in [7, 11) is 0. The average Bonchev–Trinajstić information content (AvgIpc) is 2.96. The molecule has 0 bridgehead atoms. The van der Waals surface area contributed by atoms with Crippen LogP contribution < -0.4 is 0 Å². The summed E-state index contributed by atoms with van der Waals surface area (Å²) in [6.45, 7) is 3.75. The van der Waals surface area contributed by atoms with E-state index in [9.17, 15) is 0 Å². The van der Waals surface area contributed by atoms with Crippen molar-refractivity contribution in [3.8, 4) is 5.69 Å². The Bertz CT molecular complexity index is 786. The Hall–Kier alpha value is -2.20. The molecule has 0 radical (unpaired) electrons. The number of aromatic nitrogens is 3. The summed E-state index contributed by atoms with van der Waals surface area (Å²) in [6, 6.07) is 10.5. The maximum Gasteiger partial charge on any atom is 0.0927 e. The molecule has 3 aromatic rings. The fraction of sp³-hybridized carbons (Fsp3) is 0.333. The zero-order valence-electron chi connectivity index (χ0n) is 12.7. The van der Waals surface area contributed by atoms with Gasteiger partial charge >= 0.3 is 0 Å². The number of ether oxygens (including phenoxy) is 1. The number of benzene rings is 1. The van der Waals surface area contributed by atoms with Gasteiger partial charge in [0.1, 0.15) is 0 Å². The van der Waals surface area contributed by atoms with E-state index in [1.165, 1.54) is 16.6 Å². The van der Waals surface area contributed by atoms with E-state index in [0.717, 1.165) is 37.3 Å². The predicted molar refractivity (Wildman–Crippen MR) is 86.4 cm³/mol. The number of aryl methyl sites for hydroxylation is 1. The van der Waals surface area contributed by atoms with Gasteiger partial charge in [0.25, 0.3) is 0 Å². The Balaban J connectivity index is 1.86. The SMILES string of the molecule is Cc1ccc(-n2nc(C3CCOCC3)c3ccncc32)cc1. The molecule has 0 unspecified atom stereocenters. The van der Waals surface area contributed by atoms with Gasteiger partial charge in [0.2, 0.25) is 0 Å². The number of nitrogens with zero attached hydrogens (tertiary/aromatic N) is 3. The summed E-state index contributed by atoms with van der Waals surface area (Å²) in [6.07, 6.45) is 5.85. The molecular formula is C18H19N3O. The van der Waals surface area contributed by atoms with Crippen LogP contribution in [-0.4, -0.2) is 28.0 Å². The van der Waals surface area contributed by atoms with Gasteiger partial charge in [0.15, 0.2) is 0 Å². The molecule has 4 heteroatoms. The van der Waals surface area contributed by atoms with E-state index in [0.29, 0.717) is 5.92 Å². The van der Waals surface area contributed by atoms with Crippen LogP contribution in [0.15, 0.2) is 42.7 Å². The van der Waals surface area contributed by atoms with Gasteiger partial charge in [-0.15, -0.1) is 0 Å². The molecule has 4 rings (SSSR count). The molecule has 112 valence electrons. The molecule has 1 saturated heterocycles. The van der Waals surface area contributed by atoms with E-state index < -0.39 is 0 Å². The van der Waals surface area contributed by atoms with Crippen molar-refractivity contribution in [2.24, 2.45) is 0 Å². The molecule has 2 aromatic heterocycles. The van der Waals surface area contributed by atoms with Crippen molar-refractivity contribution in [2.45, 2.75) is 25.7 Å². The van der Waals surface area contributed by atoms with Crippen molar-refractivity contribution in [3.05, 3.63) is 54.0 Å². The Labute approximate surface area is 129 Å². The second-order valence-electron chi connectivity index (χ2n) is 5.91. The maximum absolute atomic E-state index is 5.49. The topological polar surface area (TPSA) is 39.9 Å². The summed E-state index contributed by atoms with van der Waals surface area (Å²) in [4.78, 5) is 4.29. The molecule has 1 aliphatic rings. The first-order valence-electron chi connectivity index (χ1n) is 7.80. The van der Waals surface area contributed by atoms with E-state index in [1.54, 1.807) is 0 Å². The summed E-state index contributed by atoms with van der Waals surface area (Å²) < 4.78 is 7.51. The lowest BCUT2D eigenvalue weighted by Crippen LogP contribution is -2.15. The van der Waals surface area contributed by atoms with Crippen molar-refractivity contribution < 1.29 is 4.74 Å². The molecule has 0 saturated carbocycles. The monoisotopic (exact) mass is 293 g/mol. The summed E-state index contributed by atoms with van der Waals surface area (Å²) in [5.41, 5.74) is 4.60. The summed E-state index contributed by atoms with van der Waals surface area (Å²) in [5, 5.41) is 6.14. The molecule has 1 aromatic carbocycles. The van der Waals surface area contributed by atoms with Crippen molar-refractivity contribution in [3.63, 3.8) is 0 Å². The fourth-order valence-electron chi connectivity index (χ4n) is 3.14. The van der Waals surface area contributed by atoms with Gasteiger partial charge in [0.05, 0.1) is 23.1 Å². The third-order valence-electron chi connectivity index (χ3n) is 4.40. The molecule has 1 aliphatic heterocycles. The molecule has 0 atom stereocenters. The Morgan fingerprint density at radius 2 is 1.86 bits per heavy atom. The zero-order valence-corrected chi connectivity index (χ0v) is 12.7. The van der Waals surface area contributed by atoms with E-state index in [2.05, 4.69) is 42.2 Å². The zero-order chi connectivity index (χ0) is 14.9. The third-order valence-corrected chi connectivity index (χ3v) is 4.40. The lowest BCUT2D eigenvalue weighted by molar-refractivity contribution is 0.0847. The highest BCUT2D eigenvalue weighted by Crippen LogP contribution is 2.32. The lowest BCUT2D eigenvalue weighted by atomic mass is 9.95. The van der Waals surface area contributed by atoms with Crippen molar-refractivity contribution in [1.29, 1.82) is 0 Å². The van der Waals surface area contributed by atoms with Crippen LogP contribution in [0.25, 0.3) is 16.6 Å². The number of fused-ring (bicyclic) bond motifs is 1. The predicted octanol–water partition coefficient (Wildman–Crippen LogP) is 3.62. The minimum absolute atomic E-state index is 0.477. The molecule has 0 amide bonds. The van der Waals surface area contributed by atoms with E-state index in [-0.39, 0.29) is 0 Å². The number of pyridine rings is 1. The molecule has 0 spiro atoms. The van der Waals surface area contributed by atoms with Gasteiger partial charge in [-0.2, -0.15) is 5.10 Å². The van der Waals surface area contributed by atoms with Gasteiger partial charge in [0, 0.05) is 30.7 Å². The van der Waals surface area contributed by atoms with Crippen molar-refractivity contribution in [1.82, 2.24) is 14.8 Å². The summed E-state index contributed by atoms with van der Waals surface area (Å²) in [5.74, 6) is 0.477. The van der Waals surface area contributed by atoms with Gasteiger partial charge in [-0.05, 0) is 38.0 Å². The van der Waals surface area contributed by atoms with Gasteiger partial charge in [-0.25, -0.2) is 4.68 Å². The average molecular weight is 293 g/mol. The first kappa shape index (κ1) is 13.5. The van der Waals surface area contributed by atoms with Crippen LogP contribution in [0, 0.1) is 6.92 Å². The first-order chi connectivity index (χ1) is 10.8. The highest BCUT2D eigenvalue weighted by Gasteiger charge is 2.22. The highest BCUT2D eigenvalue weighted by atomic mass is 16.5. The normalized spacial score (nSPS) is 16.2. The van der Waals surface area contributed by atoms with E-state index in [1.807, 2.05) is 17.1 Å². The van der Waals surface area contributed by atoms with Crippen molar-refractivity contribution in [2.75, 3.05) is 13.2 Å². The highest BCUT2D eigenvalue weighted by molar-refractivity contribution is 5.83. The Morgan fingerprint density at radius 3 is 2.64 bits per heavy atom. The van der Waals surface area contributed by atoms with Crippen LogP contribution >= 0.6 is 0 Å². The molecule has 0 N–H and O–H groups in total. The number of rotatable bonds is 2. The maximum atomic E-state index is 5.49. The molecule has 1 fully saturated rings. The standard InChI is InChI=1S/C18H19N3O/c1-13-2-4-15(5-3-13)21-17-12-19-9-6-16(17)18(20-21)14-7-10-22-11-8-14/h2-6,9,12,14H,7-8,10-11H2,1H3. The summed E-state index contributed by atoms with van der Waals surface area (Å²) >= 11 is 0. The van der Waals surface area contributed by atoms with Gasteiger partial charge < -0.3 is 4.74 Å². The Kier molecular flexibility index (Phi) is 3.39. The quantitative estimate of drug-likeness (QED) is 0.724. The van der Waals surface area contributed by atoms with Crippen LogP contribution in [0.4, 0.5) is 0 Å². The molecule has 3 heterocycles. The molecule has 22 heavy (non-hydrogen) atoms. The Morgan fingerprint density at radius 1 is 1.09 bits per heavy atom. The van der Waals surface area contributed by atoms with E-state index >= 15 is 0 Å². The van der Waals surface area contributed by atoms with Gasteiger partial charge in [-0.1, -0.05) is 17.7 Å². The smallest absolute Gasteiger partial charge is 0.0927 e. The number of hydrogen-bond donors (Lipinski definition) is 0. The molecular weight excluding hydrogens is 274 g/mol. The molecule has 4 nitrogen and oxygen atoms in total. The van der Waals surface area contributed by atoms with Crippen LogP contribution in [0.3, 0.4) is 0 Å². The van der Waals surface area contributed by atoms with E-state index in [4.69, 9.17) is 9.84 Å². The fourth-order valence-corrected chi connectivity index (χ4v) is 3.14. The minimum atomic E-state index is 0.477. The van der Waals surface area contributed by atoms with Crippen LogP contribution in [0.2, 0.25) is 0 Å². The largest absolute Gasteiger partial charge is 0.381 e. The van der Waals surface area contributed by atoms with Crippen molar-refractivity contribution >= 4 is 10.9 Å². The van der Waals surface area contributed by atoms with Crippen LogP contribution in [0.5, 0.6) is 0 Å². The lowest BCUT2D eigenvalue weighted by Gasteiger charge is -2.20. The molecule has 0 aliphatic carbocycles. The first-order valence-corrected chi connectivity index (χ1v) is 7.80. The number of hydrogen-bond acceptors (Lipinski definition) is 3. The minimum Gasteiger partial charge on any atom is -0.381 e. The second-order valence-corrected chi connectivity index (χ2v) is 5.91. The third kappa shape index (κ3) is 2.29. The van der Waals surface area contributed by atoms with Gasteiger partial charge in [-0.3, -0.25) is 4.98 Å². The second kappa shape index (κ2) is 5.54. The van der Waals surface area contributed by atoms with Crippen LogP contribution in [0.1, 0.15) is 30.0 Å².